The molecular weight excluding hydrogens is 468 g/mol. The SMILES string of the molecule is CCCCC#Cc1ccc(C2CC3(C)C(O)CCC3C3CCC4CC5(CCC4=C23)OCC(C)(C)CO5)cc1. The van der Waals surface area contributed by atoms with E-state index >= 15 is 0 Å². The van der Waals surface area contributed by atoms with Crippen molar-refractivity contribution in [3.63, 3.8) is 0 Å². The topological polar surface area (TPSA) is 38.7 Å². The molecule has 0 bridgehead atoms. The highest BCUT2D eigenvalue weighted by molar-refractivity contribution is 5.43. The summed E-state index contributed by atoms with van der Waals surface area (Å²) in [4.78, 5) is 0. The molecule has 4 fully saturated rings. The Hall–Kier alpha value is -1.60. The highest BCUT2D eigenvalue weighted by Crippen LogP contribution is 2.65. The van der Waals surface area contributed by atoms with E-state index < -0.39 is 0 Å². The molecule has 3 saturated carbocycles. The lowest BCUT2D eigenvalue weighted by Gasteiger charge is -2.55. The van der Waals surface area contributed by atoms with E-state index in [0.717, 1.165) is 57.3 Å². The van der Waals surface area contributed by atoms with Crippen LogP contribution in [0.2, 0.25) is 0 Å². The molecule has 1 aromatic rings. The van der Waals surface area contributed by atoms with E-state index in [9.17, 15) is 5.11 Å². The van der Waals surface area contributed by atoms with Crippen molar-refractivity contribution in [3.8, 4) is 11.8 Å². The van der Waals surface area contributed by atoms with Gasteiger partial charge in [0, 0.05) is 36.2 Å². The van der Waals surface area contributed by atoms with E-state index in [1.807, 2.05) is 0 Å². The van der Waals surface area contributed by atoms with Gasteiger partial charge >= 0.3 is 0 Å². The van der Waals surface area contributed by atoms with Gasteiger partial charge in [0.15, 0.2) is 5.79 Å². The number of benzene rings is 1. The van der Waals surface area contributed by atoms with Crippen LogP contribution in [0.1, 0.15) is 115 Å². The summed E-state index contributed by atoms with van der Waals surface area (Å²) in [5.41, 5.74) is 6.13. The van der Waals surface area contributed by atoms with Crippen LogP contribution in [0.4, 0.5) is 0 Å². The molecule has 0 amide bonds. The molecule has 0 aromatic heterocycles. The third kappa shape index (κ3) is 4.70. The fourth-order valence-electron chi connectivity index (χ4n) is 8.73. The number of hydrogen-bond donors (Lipinski definition) is 1. The predicted molar refractivity (Wildman–Crippen MR) is 153 cm³/mol. The molecule has 206 valence electrons. The van der Waals surface area contributed by atoms with E-state index in [2.05, 4.69) is 63.8 Å². The van der Waals surface area contributed by atoms with Crippen LogP contribution in [0.15, 0.2) is 35.4 Å². The minimum absolute atomic E-state index is 0.0158. The summed E-state index contributed by atoms with van der Waals surface area (Å²) in [6.45, 7) is 10.7. The van der Waals surface area contributed by atoms with Gasteiger partial charge in [0.25, 0.3) is 0 Å². The lowest BCUT2D eigenvalue weighted by molar-refractivity contribution is -0.312. The fourth-order valence-corrected chi connectivity index (χ4v) is 8.73. The van der Waals surface area contributed by atoms with E-state index in [0.29, 0.717) is 23.7 Å². The molecule has 4 aliphatic carbocycles. The van der Waals surface area contributed by atoms with Crippen LogP contribution in [0.5, 0.6) is 0 Å². The summed E-state index contributed by atoms with van der Waals surface area (Å²) in [6.07, 6.45) is 11.9. The van der Waals surface area contributed by atoms with E-state index in [1.54, 1.807) is 11.1 Å². The molecule has 6 atom stereocenters. The molecule has 6 unspecified atom stereocenters. The zero-order chi connectivity index (χ0) is 26.5. The van der Waals surface area contributed by atoms with Gasteiger partial charge in [-0.05, 0) is 85.8 Å². The molecule has 1 spiro atoms. The second kappa shape index (κ2) is 10.1. The molecule has 1 N–H and O–H groups in total. The largest absolute Gasteiger partial charge is 0.393 e. The van der Waals surface area contributed by atoms with E-state index in [1.165, 1.54) is 37.7 Å². The lowest BCUT2D eigenvalue weighted by Crippen LogP contribution is -2.52. The number of ether oxygens (including phenoxy) is 2. The Morgan fingerprint density at radius 2 is 1.74 bits per heavy atom. The Bertz CT molecular complexity index is 1110. The van der Waals surface area contributed by atoms with Crippen molar-refractivity contribution in [1.29, 1.82) is 0 Å². The Labute approximate surface area is 230 Å². The van der Waals surface area contributed by atoms with Crippen LogP contribution in [0, 0.1) is 40.4 Å². The number of hydrogen-bond acceptors (Lipinski definition) is 3. The fraction of sp³-hybridized carbons (Fsp3) is 0.714. The zero-order valence-electron chi connectivity index (χ0n) is 24.2. The molecule has 1 aromatic carbocycles. The number of allylic oxidation sites excluding steroid dienone is 2. The molecule has 5 aliphatic rings. The summed E-state index contributed by atoms with van der Waals surface area (Å²) in [6, 6.07) is 9.15. The standard InChI is InChI=1S/C35H48O3/c1-5-6-7-8-9-24-10-12-25(13-11-24)29-21-34(4)30(16-17-31(34)36)28-15-14-26-20-35(19-18-27(26)32(28)29)37-22-33(2,3)23-38-35/h10-13,26,28-31,36H,5-7,14-23H2,1-4H3. The van der Waals surface area contributed by atoms with Crippen molar-refractivity contribution in [2.24, 2.45) is 28.6 Å². The van der Waals surface area contributed by atoms with Crippen LogP contribution in [0.25, 0.3) is 0 Å². The van der Waals surface area contributed by atoms with E-state index in [-0.39, 0.29) is 22.7 Å². The van der Waals surface area contributed by atoms with Gasteiger partial charge < -0.3 is 14.6 Å². The van der Waals surface area contributed by atoms with Gasteiger partial charge in [0.1, 0.15) is 0 Å². The van der Waals surface area contributed by atoms with Gasteiger partial charge in [0.05, 0.1) is 19.3 Å². The van der Waals surface area contributed by atoms with Crippen LogP contribution in [-0.2, 0) is 9.47 Å². The normalized spacial score (nSPS) is 37.1. The zero-order valence-corrected chi connectivity index (χ0v) is 24.2. The molecule has 0 radical (unpaired) electrons. The maximum Gasteiger partial charge on any atom is 0.169 e. The molecule has 1 aliphatic heterocycles. The third-order valence-electron chi connectivity index (χ3n) is 10.9. The minimum Gasteiger partial charge on any atom is -0.393 e. The minimum atomic E-state index is -0.378. The average molecular weight is 517 g/mol. The maximum atomic E-state index is 11.2. The maximum absolute atomic E-state index is 11.2. The highest BCUT2D eigenvalue weighted by Gasteiger charge is 2.57. The Kier molecular flexibility index (Phi) is 7.07. The van der Waals surface area contributed by atoms with Gasteiger partial charge in [-0.15, -0.1) is 0 Å². The van der Waals surface area contributed by atoms with Gasteiger partial charge in [-0.25, -0.2) is 0 Å². The highest BCUT2D eigenvalue weighted by atomic mass is 16.7. The third-order valence-corrected chi connectivity index (χ3v) is 10.9. The van der Waals surface area contributed by atoms with Crippen LogP contribution in [0.3, 0.4) is 0 Å². The number of aliphatic hydroxyl groups excluding tert-OH is 1. The second-order valence-electron chi connectivity index (χ2n) is 14.2. The number of aliphatic hydroxyl groups is 1. The monoisotopic (exact) mass is 516 g/mol. The first kappa shape index (κ1) is 26.6. The van der Waals surface area contributed by atoms with Gasteiger partial charge in [-0.3, -0.25) is 0 Å². The summed E-state index contributed by atoms with van der Waals surface area (Å²) in [5, 5.41) is 11.2. The molecule has 6 rings (SSSR count). The first-order chi connectivity index (χ1) is 18.2. The average Bonchev–Trinajstić information content (AvgIpc) is 3.22. The molecular formula is C35H48O3. The van der Waals surface area contributed by atoms with Crippen molar-refractivity contribution < 1.29 is 14.6 Å². The molecule has 3 nitrogen and oxygen atoms in total. The Balaban J connectivity index is 1.32. The van der Waals surface area contributed by atoms with Crippen molar-refractivity contribution in [2.75, 3.05) is 13.2 Å². The number of unbranched alkanes of at least 4 members (excludes halogenated alkanes) is 2. The van der Waals surface area contributed by atoms with Crippen molar-refractivity contribution in [3.05, 3.63) is 46.5 Å². The smallest absolute Gasteiger partial charge is 0.169 e. The molecule has 38 heavy (non-hydrogen) atoms. The summed E-state index contributed by atoms with van der Waals surface area (Å²) in [7, 11) is 0. The number of fused-ring (bicyclic) bond motifs is 4. The Morgan fingerprint density at radius 3 is 2.47 bits per heavy atom. The van der Waals surface area contributed by atoms with Crippen molar-refractivity contribution >= 4 is 0 Å². The lowest BCUT2D eigenvalue weighted by atomic mass is 9.52. The van der Waals surface area contributed by atoms with Crippen molar-refractivity contribution in [1.82, 2.24) is 0 Å². The van der Waals surface area contributed by atoms with E-state index in [4.69, 9.17) is 9.47 Å². The summed E-state index contributed by atoms with van der Waals surface area (Å²) in [5.74, 6) is 8.52. The molecule has 3 heteroatoms. The van der Waals surface area contributed by atoms with Crippen molar-refractivity contribution in [2.45, 2.75) is 116 Å². The predicted octanol–water partition coefficient (Wildman–Crippen LogP) is 7.77. The van der Waals surface area contributed by atoms with Gasteiger partial charge in [0.2, 0.25) is 0 Å². The first-order valence-electron chi connectivity index (χ1n) is 15.5. The Morgan fingerprint density at radius 1 is 0.974 bits per heavy atom. The first-order valence-corrected chi connectivity index (χ1v) is 15.5. The molecule has 1 heterocycles. The van der Waals surface area contributed by atoms with Gasteiger partial charge in [-0.2, -0.15) is 0 Å². The number of rotatable bonds is 3. The molecule has 1 saturated heterocycles. The van der Waals surface area contributed by atoms with Crippen LogP contribution in [-0.4, -0.2) is 30.2 Å². The van der Waals surface area contributed by atoms with Crippen LogP contribution < -0.4 is 0 Å². The van der Waals surface area contributed by atoms with Gasteiger partial charge in [-0.1, -0.05) is 69.2 Å². The summed E-state index contributed by atoms with van der Waals surface area (Å²) >= 11 is 0. The quantitative estimate of drug-likeness (QED) is 0.253. The second-order valence-corrected chi connectivity index (χ2v) is 14.2. The summed E-state index contributed by atoms with van der Waals surface area (Å²) < 4.78 is 13.0. The van der Waals surface area contributed by atoms with Crippen LogP contribution >= 0.6 is 0 Å².